The molecule has 0 N–H and O–H groups in total. The average Bonchev–Trinajstić information content (AvgIpc) is 2.02. The van der Waals surface area contributed by atoms with Crippen molar-refractivity contribution >= 4 is 0 Å². The van der Waals surface area contributed by atoms with Crippen LogP contribution in [0.15, 0.2) is 0 Å². The zero-order valence-corrected chi connectivity index (χ0v) is 9.85. The fourth-order valence-electron chi connectivity index (χ4n) is 4.73. The maximum Gasteiger partial charge on any atom is -0.0192 e. The van der Waals surface area contributed by atoms with Crippen LogP contribution in [0.5, 0.6) is 0 Å². The lowest BCUT2D eigenvalue weighted by molar-refractivity contribution is -0.220. The van der Waals surface area contributed by atoms with Gasteiger partial charge in [-0.1, -0.05) is 34.6 Å². The van der Waals surface area contributed by atoms with Crippen LogP contribution in [-0.4, -0.2) is 0 Å². The molecule has 0 aromatic carbocycles. The lowest BCUT2D eigenvalue weighted by Crippen LogP contribution is -2.63. The van der Waals surface area contributed by atoms with Crippen LogP contribution in [0.4, 0.5) is 0 Å². The molecule has 13 heavy (non-hydrogen) atoms. The first-order valence-corrected chi connectivity index (χ1v) is 5.93. The highest BCUT2D eigenvalue weighted by Gasteiger charge is 2.65. The molecule has 3 aliphatic rings. The highest BCUT2D eigenvalue weighted by molar-refractivity contribution is 5.13. The topological polar surface area (TPSA) is 0 Å². The molecule has 76 valence electrons. The Morgan fingerprint density at radius 3 is 2.08 bits per heavy atom. The normalized spacial score (nSPS) is 47.5. The van der Waals surface area contributed by atoms with Gasteiger partial charge in [-0.05, 0) is 47.8 Å². The van der Waals surface area contributed by atoms with Gasteiger partial charge in [0.05, 0.1) is 0 Å². The Bertz CT molecular complexity index is 214. The summed E-state index contributed by atoms with van der Waals surface area (Å²) in [6.45, 7) is 12.4. The van der Waals surface area contributed by atoms with E-state index in [9.17, 15) is 0 Å². The fourth-order valence-corrected chi connectivity index (χ4v) is 4.73. The first-order chi connectivity index (χ1) is 5.93. The highest BCUT2D eigenvalue weighted by atomic mass is 14.7. The smallest absolute Gasteiger partial charge is 0.0192 e. The minimum Gasteiger partial charge on any atom is -0.0622 e. The summed E-state index contributed by atoms with van der Waals surface area (Å²) in [4.78, 5) is 0. The van der Waals surface area contributed by atoms with Crippen LogP contribution in [0.3, 0.4) is 0 Å². The van der Waals surface area contributed by atoms with E-state index in [4.69, 9.17) is 0 Å². The van der Waals surface area contributed by atoms with E-state index < -0.39 is 0 Å². The third-order valence-corrected chi connectivity index (χ3v) is 5.66. The van der Waals surface area contributed by atoms with E-state index in [1.807, 2.05) is 0 Å². The fraction of sp³-hybridized carbons (Fsp3) is 1.00. The Morgan fingerprint density at radius 2 is 1.77 bits per heavy atom. The predicted octanol–water partition coefficient (Wildman–Crippen LogP) is 4.10. The van der Waals surface area contributed by atoms with Crippen molar-refractivity contribution < 1.29 is 0 Å². The number of hydrogen-bond acceptors (Lipinski definition) is 0. The molecule has 0 heterocycles. The second-order valence-corrected chi connectivity index (χ2v) is 6.30. The van der Waals surface area contributed by atoms with Crippen LogP contribution in [0.2, 0.25) is 0 Å². The lowest BCUT2D eigenvalue weighted by atomic mass is 9.34. The average molecular weight is 180 g/mol. The SMILES string of the molecule is CC(C)C12CC(CCC1C)C2(C)C. The van der Waals surface area contributed by atoms with Crippen molar-refractivity contribution in [3.05, 3.63) is 0 Å². The van der Waals surface area contributed by atoms with E-state index in [0.29, 0.717) is 10.8 Å². The van der Waals surface area contributed by atoms with Crippen LogP contribution in [-0.2, 0) is 0 Å². The third-order valence-electron chi connectivity index (χ3n) is 5.66. The summed E-state index contributed by atoms with van der Waals surface area (Å²) >= 11 is 0. The van der Waals surface area contributed by atoms with E-state index in [2.05, 4.69) is 34.6 Å². The molecular formula is C13H24. The van der Waals surface area contributed by atoms with E-state index in [1.165, 1.54) is 19.3 Å². The minimum atomic E-state index is 0.624. The molecule has 0 amide bonds. The maximum atomic E-state index is 2.51. The molecule has 0 saturated heterocycles. The largest absolute Gasteiger partial charge is 0.0622 e. The molecule has 3 saturated carbocycles. The van der Waals surface area contributed by atoms with Gasteiger partial charge < -0.3 is 0 Å². The van der Waals surface area contributed by atoms with Gasteiger partial charge in [0.25, 0.3) is 0 Å². The van der Waals surface area contributed by atoms with Crippen LogP contribution in [0.25, 0.3) is 0 Å². The quantitative estimate of drug-likeness (QED) is 0.570. The number of hydrogen-bond donors (Lipinski definition) is 0. The zero-order valence-electron chi connectivity index (χ0n) is 9.85. The van der Waals surface area contributed by atoms with E-state index in [1.54, 1.807) is 0 Å². The molecule has 0 aromatic heterocycles. The molecule has 0 heteroatoms. The molecule has 3 unspecified atom stereocenters. The van der Waals surface area contributed by atoms with Gasteiger partial charge in [0.1, 0.15) is 0 Å². The van der Waals surface area contributed by atoms with Crippen molar-refractivity contribution in [3.8, 4) is 0 Å². The van der Waals surface area contributed by atoms with Crippen molar-refractivity contribution in [1.82, 2.24) is 0 Å². The molecule has 0 aliphatic heterocycles. The molecule has 0 radical (unpaired) electrons. The van der Waals surface area contributed by atoms with Gasteiger partial charge in [-0.15, -0.1) is 0 Å². The Balaban J connectivity index is 2.34. The Hall–Kier alpha value is 0. The van der Waals surface area contributed by atoms with Crippen molar-refractivity contribution in [3.63, 3.8) is 0 Å². The van der Waals surface area contributed by atoms with Gasteiger partial charge in [0.2, 0.25) is 0 Å². The van der Waals surface area contributed by atoms with Crippen LogP contribution >= 0.6 is 0 Å². The standard InChI is InChI=1S/C13H24/c1-9(2)13-8-11(12(13,4)5)7-6-10(13)3/h9-11H,6-8H2,1-5H3. The summed E-state index contributed by atoms with van der Waals surface area (Å²) < 4.78 is 0. The molecule has 0 aromatic rings. The second kappa shape index (κ2) is 2.52. The van der Waals surface area contributed by atoms with Crippen molar-refractivity contribution in [2.45, 2.75) is 53.9 Å². The van der Waals surface area contributed by atoms with Gasteiger partial charge >= 0.3 is 0 Å². The van der Waals surface area contributed by atoms with Crippen molar-refractivity contribution in [2.75, 3.05) is 0 Å². The van der Waals surface area contributed by atoms with Gasteiger partial charge in [0, 0.05) is 0 Å². The van der Waals surface area contributed by atoms with Gasteiger partial charge in [-0.2, -0.15) is 0 Å². The Kier molecular flexibility index (Phi) is 1.85. The van der Waals surface area contributed by atoms with Gasteiger partial charge in [-0.25, -0.2) is 0 Å². The summed E-state index contributed by atoms with van der Waals surface area (Å²) in [5, 5.41) is 0. The molecule has 3 atom stereocenters. The highest BCUT2D eigenvalue weighted by Crippen LogP contribution is 2.72. The Labute approximate surface area is 83.1 Å². The molecule has 3 fully saturated rings. The summed E-state index contributed by atoms with van der Waals surface area (Å²) in [6, 6.07) is 0. The van der Waals surface area contributed by atoms with Gasteiger partial charge in [-0.3, -0.25) is 0 Å². The first kappa shape index (κ1) is 9.55. The molecule has 0 spiro atoms. The lowest BCUT2D eigenvalue weighted by Gasteiger charge is -2.71. The van der Waals surface area contributed by atoms with Gasteiger partial charge in [0.15, 0.2) is 0 Å². The molecule has 3 aliphatic carbocycles. The third kappa shape index (κ3) is 0.877. The predicted molar refractivity (Wildman–Crippen MR) is 57.6 cm³/mol. The maximum absolute atomic E-state index is 2.51. The number of rotatable bonds is 1. The van der Waals surface area contributed by atoms with Crippen molar-refractivity contribution in [1.29, 1.82) is 0 Å². The van der Waals surface area contributed by atoms with E-state index >= 15 is 0 Å². The van der Waals surface area contributed by atoms with Crippen LogP contribution < -0.4 is 0 Å². The summed E-state index contributed by atoms with van der Waals surface area (Å²) in [7, 11) is 0. The Morgan fingerprint density at radius 1 is 1.15 bits per heavy atom. The van der Waals surface area contributed by atoms with Crippen LogP contribution in [0, 0.1) is 28.6 Å². The minimum absolute atomic E-state index is 0.624. The van der Waals surface area contributed by atoms with Crippen LogP contribution in [0.1, 0.15) is 53.9 Å². The zero-order chi connectivity index (χ0) is 9.85. The molecule has 2 bridgehead atoms. The van der Waals surface area contributed by atoms with E-state index in [-0.39, 0.29) is 0 Å². The molecular weight excluding hydrogens is 156 g/mol. The summed E-state index contributed by atoms with van der Waals surface area (Å²) in [5.41, 5.74) is 1.30. The first-order valence-electron chi connectivity index (χ1n) is 5.93. The second-order valence-electron chi connectivity index (χ2n) is 6.30. The summed E-state index contributed by atoms with van der Waals surface area (Å²) in [5.74, 6) is 2.85. The number of fused-ring (bicyclic) bond motifs is 2. The molecule has 3 rings (SSSR count). The molecule has 0 nitrogen and oxygen atoms in total. The van der Waals surface area contributed by atoms with E-state index in [0.717, 1.165) is 17.8 Å². The van der Waals surface area contributed by atoms with Crippen molar-refractivity contribution in [2.24, 2.45) is 28.6 Å². The monoisotopic (exact) mass is 180 g/mol. The summed E-state index contributed by atoms with van der Waals surface area (Å²) in [6.07, 6.45) is 4.48.